The van der Waals surface area contributed by atoms with Crippen LogP contribution in [-0.2, 0) is 4.79 Å². The van der Waals surface area contributed by atoms with E-state index in [0.717, 1.165) is 11.1 Å². The van der Waals surface area contributed by atoms with Crippen LogP contribution in [-0.4, -0.2) is 17.0 Å². The fraction of sp³-hybridized carbons (Fsp3) is 0.400. The van der Waals surface area contributed by atoms with E-state index in [2.05, 4.69) is 0 Å². The quantitative estimate of drug-likeness (QED) is 0.810. The topological polar surface area (TPSA) is 37.3 Å². The Labute approximate surface area is 103 Å². The average Bonchev–Trinajstić information content (AvgIpc) is 2.27. The third-order valence-corrected chi connectivity index (χ3v) is 2.80. The number of hydrogen-bond acceptors (Lipinski definition) is 2. The molecule has 0 aliphatic rings. The third-order valence-electron chi connectivity index (χ3n) is 2.80. The Bertz CT molecular complexity index is 411. The van der Waals surface area contributed by atoms with Crippen molar-refractivity contribution in [2.75, 3.05) is 0 Å². The summed E-state index contributed by atoms with van der Waals surface area (Å²) in [6, 6.07) is 7.89. The number of rotatable bonds is 4. The number of aliphatic hydroxyl groups is 1. The summed E-state index contributed by atoms with van der Waals surface area (Å²) >= 11 is 0. The summed E-state index contributed by atoms with van der Waals surface area (Å²) in [6.07, 6.45) is 0.530. The van der Waals surface area contributed by atoms with Gasteiger partial charge >= 0.3 is 0 Å². The van der Waals surface area contributed by atoms with Gasteiger partial charge in [-0.05, 0) is 32.4 Å². The normalized spacial score (nSPS) is 13.9. The van der Waals surface area contributed by atoms with Gasteiger partial charge in [0.2, 0.25) is 0 Å². The zero-order valence-electron chi connectivity index (χ0n) is 10.9. The number of aliphatic hydroxyl groups excluding tert-OH is 1. The van der Waals surface area contributed by atoms with Crippen LogP contribution in [0.5, 0.6) is 0 Å². The van der Waals surface area contributed by atoms with Crippen molar-refractivity contribution in [1.29, 1.82) is 0 Å². The number of carbonyl (C=O) groups excluding carboxylic acids is 1. The summed E-state index contributed by atoms with van der Waals surface area (Å²) in [5, 5.41) is 9.96. The Morgan fingerprint density at radius 1 is 1.24 bits per heavy atom. The van der Waals surface area contributed by atoms with E-state index in [1.807, 2.05) is 52.0 Å². The summed E-state index contributed by atoms with van der Waals surface area (Å²) < 4.78 is 0. The molecule has 1 aromatic rings. The van der Waals surface area contributed by atoms with Gasteiger partial charge in [0.1, 0.15) is 6.10 Å². The predicted octanol–water partition coefficient (Wildman–Crippen LogP) is 2.99. The first-order valence-corrected chi connectivity index (χ1v) is 5.85. The molecule has 1 rings (SSSR count). The predicted molar refractivity (Wildman–Crippen MR) is 70.0 cm³/mol. The van der Waals surface area contributed by atoms with E-state index in [9.17, 15) is 9.90 Å². The van der Waals surface area contributed by atoms with E-state index in [4.69, 9.17) is 0 Å². The standard InChI is InChI=1S/C15H20O2/c1-10(2)9-14(16)15(17)12(4)13-7-5-11(3)6-8-13/h5-9,12,15,17H,1-4H3/t12-,15+/m1/s1. The molecule has 0 aromatic heterocycles. The van der Waals surface area contributed by atoms with Gasteiger partial charge < -0.3 is 5.11 Å². The van der Waals surface area contributed by atoms with Crippen LogP contribution in [0.1, 0.15) is 37.8 Å². The van der Waals surface area contributed by atoms with Crippen molar-refractivity contribution in [3.8, 4) is 0 Å². The molecule has 0 spiro atoms. The number of aryl methyl sites for hydroxylation is 1. The zero-order chi connectivity index (χ0) is 13.0. The first kappa shape index (κ1) is 13.7. The zero-order valence-corrected chi connectivity index (χ0v) is 10.9. The van der Waals surface area contributed by atoms with Gasteiger partial charge in [-0.1, -0.05) is 42.3 Å². The molecule has 1 N–H and O–H groups in total. The van der Waals surface area contributed by atoms with E-state index in [0.29, 0.717) is 0 Å². The lowest BCUT2D eigenvalue weighted by atomic mass is 9.92. The molecule has 0 aliphatic heterocycles. The Morgan fingerprint density at radius 2 is 1.76 bits per heavy atom. The van der Waals surface area contributed by atoms with Crippen LogP contribution < -0.4 is 0 Å². The first-order chi connectivity index (χ1) is 7.91. The lowest BCUT2D eigenvalue weighted by Crippen LogP contribution is -2.25. The smallest absolute Gasteiger partial charge is 0.184 e. The highest BCUT2D eigenvalue weighted by Crippen LogP contribution is 2.20. The summed E-state index contributed by atoms with van der Waals surface area (Å²) in [6.45, 7) is 7.58. The number of ketones is 1. The summed E-state index contributed by atoms with van der Waals surface area (Å²) in [5.41, 5.74) is 3.06. The summed E-state index contributed by atoms with van der Waals surface area (Å²) in [7, 11) is 0. The molecule has 0 saturated carbocycles. The highest BCUT2D eigenvalue weighted by molar-refractivity contribution is 5.94. The number of carbonyl (C=O) groups is 1. The minimum Gasteiger partial charge on any atom is -0.384 e. The highest BCUT2D eigenvalue weighted by Gasteiger charge is 2.21. The minimum absolute atomic E-state index is 0.182. The number of hydrogen-bond donors (Lipinski definition) is 1. The minimum atomic E-state index is -0.965. The lowest BCUT2D eigenvalue weighted by molar-refractivity contribution is -0.123. The Kier molecular flexibility index (Phi) is 4.64. The van der Waals surface area contributed by atoms with Crippen molar-refractivity contribution < 1.29 is 9.90 Å². The first-order valence-electron chi connectivity index (χ1n) is 5.85. The maximum Gasteiger partial charge on any atom is 0.184 e. The molecule has 1 aromatic carbocycles. The molecule has 0 fully saturated rings. The molecular weight excluding hydrogens is 212 g/mol. The lowest BCUT2D eigenvalue weighted by Gasteiger charge is -2.17. The molecule has 92 valence electrons. The van der Waals surface area contributed by atoms with E-state index in [1.54, 1.807) is 0 Å². The largest absolute Gasteiger partial charge is 0.384 e. The SMILES string of the molecule is CC(C)=CC(=O)[C@@H](O)[C@H](C)c1ccc(C)cc1. The van der Waals surface area contributed by atoms with Crippen LogP contribution in [0, 0.1) is 6.92 Å². The maximum atomic E-state index is 11.7. The fourth-order valence-electron chi connectivity index (χ4n) is 1.67. The third kappa shape index (κ3) is 3.82. The molecule has 0 unspecified atom stereocenters. The van der Waals surface area contributed by atoms with E-state index < -0.39 is 6.10 Å². The van der Waals surface area contributed by atoms with Crippen molar-refractivity contribution in [2.45, 2.75) is 39.7 Å². The van der Waals surface area contributed by atoms with Crippen LogP contribution in [0.15, 0.2) is 35.9 Å². The van der Waals surface area contributed by atoms with Crippen LogP contribution in [0.2, 0.25) is 0 Å². The molecule has 0 radical (unpaired) electrons. The fourth-order valence-corrected chi connectivity index (χ4v) is 1.67. The number of benzene rings is 1. The second kappa shape index (κ2) is 5.78. The van der Waals surface area contributed by atoms with Crippen LogP contribution in [0.3, 0.4) is 0 Å². The summed E-state index contributed by atoms with van der Waals surface area (Å²) in [5.74, 6) is -0.406. The molecule has 0 amide bonds. The molecule has 0 bridgehead atoms. The monoisotopic (exact) mass is 232 g/mol. The van der Waals surface area contributed by atoms with Gasteiger partial charge in [-0.2, -0.15) is 0 Å². The van der Waals surface area contributed by atoms with Crippen LogP contribution in [0.25, 0.3) is 0 Å². The maximum absolute atomic E-state index is 11.7. The van der Waals surface area contributed by atoms with Crippen molar-refractivity contribution in [3.63, 3.8) is 0 Å². The van der Waals surface area contributed by atoms with Gasteiger partial charge in [0.05, 0.1) is 0 Å². The van der Waals surface area contributed by atoms with Crippen molar-refractivity contribution in [2.24, 2.45) is 0 Å². The van der Waals surface area contributed by atoms with E-state index in [1.165, 1.54) is 11.6 Å². The molecular formula is C15H20O2. The van der Waals surface area contributed by atoms with Crippen LogP contribution in [0.4, 0.5) is 0 Å². The van der Waals surface area contributed by atoms with Crippen LogP contribution >= 0.6 is 0 Å². The second-order valence-electron chi connectivity index (χ2n) is 4.77. The van der Waals surface area contributed by atoms with Gasteiger partial charge in [-0.3, -0.25) is 4.79 Å². The number of allylic oxidation sites excluding steroid dienone is 1. The molecule has 2 nitrogen and oxygen atoms in total. The van der Waals surface area contributed by atoms with Crippen molar-refractivity contribution in [3.05, 3.63) is 47.0 Å². The second-order valence-corrected chi connectivity index (χ2v) is 4.77. The van der Waals surface area contributed by atoms with Crippen molar-refractivity contribution in [1.82, 2.24) is 0 Å². The molecule has 0 heterocycles. The average molecular weight is 232 g/mol. The van der Waals surface area contributed by atoms with Gasteiger partial charge in [0.15, 0.2) is 5.78 Å². The Morgan fingerprint density at radius 3 is 2.24 bits per heavy atom. The van der Waals surface area contributed by atoms with Gasteiger partial charge in [-0.15, -0.1) is 0 Å². The van der Waals surface area contributed by atoms with Gasteiger partial charge in [0, 0.05) is 5.92 Å². The molecule has 0 saturated heterocycles. The molecule has 2 atom stereocenters. The van der Waals surface area contributed by atoms with Crippen molar-refractivity contribution >= 4 is 5.78 Å². The highest BCUT2D eigenvalue weighted by atomic mass is 16.3. The Balaban J connectivity index is 2.82. The molecule has 2 heteroatoms. The van der Waals surface area contributed by atoms with Gasteiger partial charge in [0.25, 0.3) is 0 Å². The molecule has 0 aliphatic carbocycles. The van der Waals surface area contributed by atoms with E-state index in [-0.39, 0.29) is 11.7 Å². The summed E-state index contributed by atoms with van der Waals surface area (Å²) in [4.78, 5) is 11.7. The van der Waals surface area contributed by atoms with E-state index >= 15 is 0 Å². The van der Waals surface area contributed by atoms with Gasteiger partial charge in [-0.25, -0.2) is 0 Å². The molecule has 17 heavy (non-hydrogen) atoms. The Hall–Kier alpha value is -1.41.